The molecule has 2 saturated carbocycles. The average Bonchev–Trinajstić information content (AvgIpc) is 2.79. The van der Waals surface area contributed by atoms with Gasteiger partial charge in [-0.15, -0.1) is 0 Å². The van der Waals surface area contributed by atoms with E-state index in [9.17, 15) is 0 Å². The molecule has 0 aromatic rings. The van der Waals surface area contributed by atoms with Crippen LogP contribution in [0.3, 0.4) is 0 Å². The first-order valence-corrected chi connectivity index (χ1v) is 12.6. The molecule has 0 aliphatic heterocycles. The van der Waals surface area contributed by atoms with E-state index in [1.165, 1.54) is 70.6 Å². The molecule has 0 aromatic carbocycles. The fourth-order valence-electron chi connectivity index (χ4n) is 5.14. The highest BCUT2D eigenvalue weighted by Crippen LogP contribution is 2.35. The fourth-order valence-corrected chi connectivity index (χ4v) is 5.14. The first-order valence-electron chi connectivity index (χ1n) is 12.6. The van der Waals surface area contributed by atoms with Crippen LogP contribution < -0.4 is 0 Å². The predicted molar refractivity (Wildman–Crippen MR) is 123 cm³/mol. The van der Waals surface area contributed by atoms with E-state index in [0.29, 0.717) is 11.8 Å². The van der Waals surface area contributed by atoms with Crippen LogP contribution in [-0.4, -0.2) is 46.9 Å². The summed E-state index contributed by atoms with van der Waals surface area (Å²) in [7, 11) is 0. The van der Waals surface area contributed by atoms with Crippen molar-refractivity contribution < 1.29 is 20.4 Å². The molecule has 0 saturated heterocycles. The monoisotopic (exact) mass is 416 g/mol. The second-order valence-electron chi connectivity index (χ2n) is 9.01. The lowest BCUT2D eigenvalue weighted by Gasteiger charge is -2.32. The molecule has 0 spiro atoms. The van der Waals surface area contributed by atoms with Gasteiger partial charge in [-0.1, -0.05) is 72.6 Å². The van der Waals surface area contributed by atoms with Crippen LogP contribution in [0.5, 0.6) is 0 Å². The van der Waals surface area contributed by atoms with Gasteiger partial charge >= 0.3 is 0 Å². The van der Waals surface area contributed by atoms with Gasteiger partial charge in [0.25, 0.3) is 0 Å². The summed E-state index contributed by atoms with van der Waals surface area (Å²) in [5.41, 5.74) is 0. The van der Waals surface area contributed by atoms with Crippen molar-refractivity contribution in [3.05, 3.63) is 0 Å². The summed E-state index contributed by atoms with van der Waals surface area (Å²) < 4.78 is 0. The minimum atomic E-state index is 0.137. The van der Waals surface area contributed by atoms with E-state index in [1.54, 1.807) is 0 Å². The molecule has 4 N–H and O–H groups in total. The zero-order valence-electron chi connectivity index (χ0n) is 19.9. The molecule has 0 atom stereocenters. The van der Waals surface area contributed by atoms with Crippen molar-refractivity contribution in [2.45, 2.75) is 98.3 Å². The van der Waals surface area contributed by atoms with Crippen LogP contribution in [-0.2, 0) is 0 Å². The van der Waals surface area contributed by atoms with Crippen LogP contribution in [0.2, 0.25) is 0 Å². The lowest BCUT2D eigenvalue weighted by molar-refractivity contribution is 0.0782. The normalized spacial score (nSPS) is 27.1. The van der Waals surface area contributed by atoms with Gasteiger partial charge in [-0.25, -0.2) is 0 Å². The first-order chi connectivity index (χ1) is 14.1. The summed E-state index contributed by atoms with van der Waals surface area (Å²) in [5.74, 6) is 3.22. The predicted octanol–water partition coefficient (Wildman–Crippen LogP) is 5.02. The summed E-state index contributed by atoms with van der Waals surface area (Å²) in [6.07, 6.45) is 13.9. The molecule has 0 radical (unpaired) electrons. The lowest BCUT2D eigenvalue weighted by atomic mass is 9.75. The summed E-state index contributed by atoms with van der Waals surface area (Å²) in [4.78, 5) is 0. The molecule has 0 heterocycles. The summed E-state index contributed by atoms with van der Waals surface area (Å²) >= 11 is 0. The average molecular weight is 417 g/mol. The number of rotatable bonds is 9. The van der Waals surface area contributed by atoms with Crippen LogP contribution >= 0.6 is 0 Å². The zero-order chi connectivity index (χ0) is 22.1. The van der Waals surface area contributed by atoms with E-state index in [4.69, 9.17) is 20.4 Å². The maximum absolute atomic E-state index is 9.09. The van der Waals surface area contributed by atoms with E-state index in [0.717, 1.165) is 11.8 Å². The van der Waals surface area contributed by atoms with Crippen LogP contribution in [0.4, 0.5) is 0 Å². The van der Waals surface area contributed by atoms with Crippen LogP contribution in [0.25, 0.3) is 0 Å². The molecule has 4 nitrogen and oxygen atoms in total. The molecule has 176 valence electrons. The van der Waals surface area contributed by atoms with Gasteiger partial charge < -0.3 is 20.4 Å². The highest BCUT2D eigenvalue weighted by atomic mass is 16.3. The summed E-state index contributed by atoms with van der Waals surface area (Å²) in [5, 5.41) is 36.3. The Morgan fingerprint density at radius 2 is 0.931 bits per heavy atom. The molecule has 0 amide bonds. The maximum Gasteiger partial charge on any atom is 0.0483 e. The molecule has 0 bridgehead atoms. The smallest absolute Gasteiger partial charge is 0.0483 e. The standard InChI is InChI=1S/C12H24O2.C11H22O2.C2H6/c1-2-3-10-4-6-11(7-5-10)12(8-13)9-14;1-2-9-3-5-10(6-4-9)11(7-12)8-13;1-2/h10-14H,2-9H2,1H3;9-13H,2-8H2,1H3;1-2H3. The Bertz CT molecular complexity index is 326. The molecule has 29 heavy (non-hydrogen) atoms. The number of hydrogen-bond donors (Lipinski definition) is 4. The second-order valence-corrected chi connectivity index (χ2v) is 9.01. The van der Waals surface area contributed by atoms with E-state index in [1.807, 2.05) is 13.8 Å². The summed E-state index contributed by atoms with van der Waals surface area (Å²) in [6.45, 7) is 9.10. The molecule has 0 aromatic heterocycles. The zero-order valence-corrected chi connectivity index (χ0v) is 19.9. The van der Waals surface area contributed by atoms with E-state index < -0.39 is 0 Å². The Kier molecular flexibility index (Phi) is 18.5. The molecule has 2 aliphatic rings. The minimum Gasteiger partial charge on any atom is -0.396 e. The molecule has 4 heteroatoms. The van der Waals surface area contributed by atoms with Crippen molar-refractivity contribution in [1.29, 1.82) is 0 Å². The van der Waals surface area contributed by atoms with Crippen molar-refractivity contribution in [2.75, 3.05) is 26.4 Å². The van der Waals surface area contributed by atoms with Gasteiger partial charge in [-0.05, 0) is 49.4 Å². The first kappa shape index (κ1) is 28.8. The van der Waals surface area contributed by atoms with Crippen LogP contribution in [0, 0.1) is 35.5 Å². The lowest BCUT2D eigenvalue weighted by Crippen LogP contribution is -2.26. The number of aliphatic hydroxyl groups excluding tert-OH is 4. The van der Waals surface area contributed by atoms with Crippen molar-refractivity contribution in [2.24, 2.45) is 35.5 Å². The van der Waals surface area contributed by atoms with Gasteiger partial charge in [0.05, 0.1) is 0 Å². The topological polar surface area (TPSA) is 80.9 Å². The van der Waals surface area contributed by atoms with Gasteiger partial charge in [0.2, 0.25) is 0 Å². The number of aliphatic hydroxyl groups is 4. The molecule has 2 aliphatic carbocycles. The Hall–Kier alpha value is -0.160. The van der Waals surface area contributed by atoms with Crippen molar-refractivity contribution >= 4 is 0 Å². The minimum absolute atomic E-state index is 0.137. The Labute approximate surface area is 181 Å². The molecule has 2 rings (SSSR count). The van der Waals surface area contributed by atoms with Crippen LogP contribution in [0.15, 0.2) is 0 Å². The molecular weight excluding hydrogens is 364 g/mol. The van der Waals surface area contributed by atoms with E-state index in [2.05, 4.69) is 13.8 Å². The third-order valence-corrected chi connectivity index (χ3v) is 7.33. The third-order valence-electron chi connectivity index (χ3n) is 7.33. The van der Waals surface area contributed by atoms with Gasteiger partial charge in [0.1, 0.15) is 0 Å². The van der Waals surface area contributed by atoms with Gasteiger partial charge in [0.15, 0.2) is 0 Å². The Morgan fingerprint density at radius 3 is 1.21 bits per heavy atom. The Balaban J connectivity index is 0.000000499. The van der Waals surface area contributed by atoms with Crippen molar-refractivity contribution in [1.82, 2.24) is 0 Å². The second kappa shape index (κ2) is 18.6. The molecule has 2 fully saturated rings. The van der Waals surface area contributed by atoms with Crippen LogP contribution in [0.1, 0.15) is 98.3 Å². The van der Waals surface area contributed by atoms with Gasteiger partial charge in [-0.2, -0.15) is 0 Å². The van der Waals surface area contributed by atoms with Gasteiger partial charge in [0, 0.05) is 38.3 Å². The maximum atomic E-state index is 9.09. The quantitative estimate of drug-likeness (QED) is 0.425. The highest BCUT2D eigenvalue weighted by Gasteiger charge is 2.27. The largest absolute Gasteiger partial charge is 0.396 e. The summed E-state index contributed by atoms with van der Waals surface area (Å²) in [6, 6.07) is 0. The van der Waals surface area contributed by atoms with E-state index >= 15 is 0 Å². The van der Waals surface area contributed by atoms with Gasteiger partial charge in [-0.3, -0.25) is 0 Å². The highest BCUT2D eigenvalue weighted by molar-refractivity contribution is 4.78. The van der Waals surface area contributed by atoms with Crippen molar-refractivity contribution in [3.8, 4) is 0 Å². The Morgan fingerprint density at radius 1 is 0.586 bits per heavy atom. The third kappa shape index (κ3) is 11.1. The molecule has 0 unspecified atom stereocenters. The fraction of sp³-hybridized carbons (Fsp3) is 1.00. The SMILES string of the molecule is CC.CCC1CCC(C(CO)CO)CC1.CCCC1CCC(C(CO)CO)CC1. The van der Waals surface area contributed by atoms with Crippen molar-refractivity contribution in [3.63, 3.8) is 0 Å². The van der Waals surface area contributed by atoms with E-state index in [-0.39, 0.29) is 38.3 Å². The number of hydrogen-bond acceptors (Lipinski definition) is 4. The molecular formula is C25H52O4.